The molecule has 0 radical (unpaired) electrons. The number of ether oxygens (including phenoxy) is 4. The molecular formula is C32H27Br2ClN2O6S. The lowest BCUT2D eigenvalue weighted by atomic mass is 9.95. The Bertz CT molecular complexity index is 1950. The number of fused-ring (bicyclic) bond motifs is 1. The Hall–Kier alpha value is -3.38. The van der Waals surface area contributed by atoms with Crippen molar-refractivity contribution in [3.63, 3.8) is 0 Å². The average molecular weight is 763 g/mol. The highest BCUT2D eigenvalue weighted by atomic mass is 79.9. The number of hydrogen-bond acceptors (Lipinski definition) is 8. The molecule has 3 aromatic carbocycles. The Morgan fingerprint density at radius 1 is 1.09 bits per heavy atom. The number of allylic oxidation sites excluding steroid dienone is 1. The number of thiazole rings is 1. The molecule has 1 atom stereocenters. The Morgan fingerprint density at radius 3 is 2.48 bits per heavy atom. The minimum absolute atomic E-state index is 0.175. The predicted molar refractivity (Wildman–Crippen MR) is 178 cm³/mol. The molecule has 44 heavy (non-hydrogen) atoms. The molecule has 2 heterocycles. The summed E-state index contributed by atoms with van der Waals surface area (Å²) in [6, 6.07) is 15.7. The maximum atomic E-state index is 14.1. The van der Waals surface area contributed by atoms with Crippen molar-refractivity contribution < 1.29 is 23.7 Å². The van der Waals surface area contributed by atoms with Crippen LogP contribution in [-0.4, -0.2) is 31.4 Å². The maximum Gasteiger partial charge on any atom is 0.338 e. The molecule has 12 heteroatoms. The lowest BCUT2D eigenvalue weighted by molar-refractivity contribution is -0.139. The van der Waals surface area contributed by atoms with E-state index in [0.29, 0.717) is 51.8 Å². The van der Waals surface area contributed by atoms with Crippen LogP contribution in [0.5, 0.6) is 17.2 Å². The summed E-state index contributed by atoms with van der Waals surface area (Å²) in [5.74, 6) is 1.09. The largest absolute Gasteiger partial charge is 0.497 e. The zero-order valence-electron chi connectivity index (χ0n) is 24.2. The number of nitrogens with zero attached hydrogens (tertiary/aromatic N) is 2. The minimum atomic E-state index is -0.827. The second kappa shape index (κ2) is 13.7. The lowest BCUT2D eigenvalue weighted by Crippen LogP contribution is -2.40. The number of hydrogen-bond donors (Lipinski definition) is 0. The van der Waals surface area contributed by atoms with E-state index in [1.54, 1.807) is 45.2 Å². The molecule has 0 aliphatic carbocycles. The van der Waals surface area contributed by atoms with Crippen LogP contribution in [0.15, 0.2) is 84.6 Å². The molecule has 0 saturated heterocycles. The van der Waals surface area contributed by atoms with Crippen LogP contribution >= 0.6 is 54.8 Å². The van der Waals surface area contributed by atoms with Crippen molar-refractivity contribution in [2.45, 2.75) is 26.5 Å². The number of benzene rings is 3. The van der Waals surface area contributed by atoms with Crippen LogP contribution in [0.1, 0.15) is 36.6 Å². The molecule has 0 fully saturated rings. The second-order valence-corrected chi connectivity index (χ2v) is 12.7. The van der Waals surface area contributed by atoms with Crippen molar-refractivity contribution >= 4 is 66.8 Å². The molecule has 4 aromatic rings. The van der Waals surface area contributed by atoms with Crippen LogP contribution in [0.2, 0.25) is 5.02 Å². The number of esters is 1. The van der Waals surface area contributed by atoms with E-state index in [0.717, 1.165) is 11.1 Å². The van der Waals surface area contributed by atoms with Gasteiger partial charge in [0.1, 0.15) is 29.9 Å². The Balaban J connectivity index is 1.60. The standard InChI is InChI=1S/C32H27Br2ClN2O6S/c1-5-42-31(39)27-17(2)36-32-37(28(27)21-11-10-20(40-3)15-25(21)41-4)30(38)26(44-32)14-18-12-22(33)29(23(34)13-18)43-16-19-8-6-7-9-24(19)35/h6-15,28H,5,16H2,1-4H3/b26-14-/t28-/m1/s1. The third kappa shape index (κ3) is 6.37. The number of carbonyl (C=O) groups is 1. The molecule has 0 unspecified atom stereocenters. The second-order valence-electron chi connectivity index (χ2n) is 9.60. The van der Waals surface area contributed by atoms with Gasteiger partial charge in [-0.1, -0.05) is 41.1 Å². The van der Waals surface area contributed by atoms with Gasteiger partial charge in [-0.25, -0.2) is 9.79 Å². The van der Waals surface area contributed by atoms with Gasteiger partial charge in [-0.3, -0.25) is 9.36 Å². The minimum Gasteiger partial charge on any atom is -0.497 e. The number of methoxy groups -OCH3 is 2. The summed E-state index contributed by atoms with van der Waals surface area (Å²) < 4.78 is 25.8. The third-order valence-electron chi connectivity index (χ3n) is 6.90. The van der Waals surface area contributed by atoms with Crippen LogP contribution in [0, 0.1) is 0 Å². The van der Waals surface area contributed by atoms with Crippen molar-refractivity contribution in [1.29, 1.82) is 0 Å². The number of halogens is 3. The Morgan fingerprint density at radius 2 is 1.82 bits per heavy atom. The molecule has 0 spiro atoms. The zero-order chi connectivity index (χ0) is 31.5. The highest BCUT2D eigenvalue weighted by molar-refractivity contribution is 9.11. The molecule has 228 valence electrons. The summed E-state index contributed by atoms with van der Waals surface area (Å²) in [6.07, 6.45) is 1.78. The third-order valence-corrected chi connectivity index (χ3v) is 9.43. The molecule has 8 nitrogen and oxygen atoms in total. The van der Waals surface area contributed by atoms with Crippen molar-refractivity contribution in [3.8, 4) is 17.2 Å². The van der Waals surface area contributed by atoms with Gasteiger partial charge >= 0.3 is 5.97 Å². The van der Waals surface area contributed by atoms with Crippen LogP contribution in [0.4, 0.5) is 0 Å². The first kappa shape index (κ1) is 32.0. The molecule has 0 amide bonds. The summed E-state index contributed by atoms with van der Waals surface area (Å²) in [6.45, 7) is 3.93. The first-order valence-corrected chi connectivity index (χ1v) is 16.2. The smallest absolute Gasteiger partial charge is 0.338 e. The molecule has 0 N–H and O–H groups in total. The molecular weight excluding hydrogens is 736 g/mol. The predicted octanol–water partition coefficient (Wildman–Crippen LogP) is 6.57. The van der Waals surface area contributed by atoms with Crippen molar-refractivity contribution in [2.24, 2.45) is 4.99 Å². The summed E-state index contributed by atoms with van der Waals surface area (Å²) in [5, 5.41) is 0.624. The number of rotatable bonds is 9. The Kier molecular flexibility index (Phi) is 9.99. The fourth-order valence-corrected chi connectivity index (χ4v) is 7.54. The molecule has 1 aromatic heterocycles. The van der Waals surface area contributed by atoms with Gasteiger partial charge in [0.05, 0.1) is 45.6 Å². The van der Waals surface area contributed by atoms with Gasteiger partial charge in [-0.05, 0) is 87.7 Å². The van der Waals surface area contributed by atoms with Crippen LogP contribution in [-0.2, 0) is 16.1 Å². The maximum absolute atomic E-state index is 14.1. The van der Waals surface area contributed by atoms with Gasteiger partial charge in [-0.15, -0.1) is 0 Å². The van der Waals surface area contributed by atoms with Crippen LogP contribution < -0.4 is 29.1 Å². The fourth-order valence-electron chi connectivity index (χ4n) is 4.85. The van der Waals surface area contributed by atoms with E-state index in [1.807, 2.05) is 36.4 Å². The van der Waals surface area contributed by atoms with Gasteiger partial charge < -0.3 is 18.9 Å². The highest BCUT2D eigenvalue weighted by Crippen LogP contribution is 2.38. The SMILES string of the molecule is CCOC(=O)C1=C(C)N=c2s/c(=C\c3cc(Br)c(OCc4ccccc4Cl)c(Br)c3)c(=O)n2[C@@H]1c1ccc(OC)cc1OC. The normalized spacial score (nSPS) is 14.6. The van der Waals surface area contributed by atoms with Gasteiger partial charge in [0, 0.05) is 22.2 Å². The molecule has 5 rings (SSSR count). The first-order chi connectivity index (χ1) is 21.2. The summed E-state index contributed by atoms with van der Waals surface area (Å²) >= 11 is 14.7. The molecule has 0 saturated carbocycles. The van der Waals surface area contributed by atoms with Crippen molar-refractivity contribution in [1.82, 2.24) is 4.57 Å². The van der Waals surface area contributed by atoms with Gasteiger partial charge in [-0.2, -0.15) is 0 Å². The van der Waals surface area contributed by atoms with Gasteiger partial charge in [0.2, 0.25) is 0 Å². The van der Waals surface area contributed by atoms with Crippen molar-refractivity contribution in [3.05, 3.63) is 116 Å². The van der Waals surface area contributed by atoms with Crippen LogP contribution in [0.3, 0.4) is 0 Å². The van der Waals surface area contributed by atoms with E-state index in [9.17, 15) is 9.59 Å². The topological polar surface area (TPSA) is 88.4 Å². The van der Waals surface area contributed by atoms with E-state index >= 15 is 0 Å². The Labute approximate surface area is 279 Å². The lowest BCUT2D eigenvalue weighted by Gasteiger charge is -2.26. The van der Waals surface area contributed by atoms with E-state index < -0.39 is 12.0 Å². The first-order valence-electron chi connectivity index (χ1n) is 13.4. The van der Waals surface area contributed by atoms with E-state index in [1.165, 1.54) is 23.0 Å². The quantitative estimate of drug-likeness (QED) is 0.179. The highest BCUT2D eigenvalue weighted by Gasteiger charge is 2.35. The number of aromatic nitrogens is 1. The fraction of sp³-hybridized carbons (Fsp3) is 0.219. The van der Waals surface area contributed by atoms with Crippen LogP contribution in [0.25, 0.3) is 6.08 Å². The van der Waals surface area contributed by atoms with E-state index in [4.69, 9.17) is 30.5 Å². The monoisotopic (exact) mass is 760 g/mol. The van der Waals surface area contributed by atoms with E-state index in [2.05, 4.69) is 36.9 Å². The molecule has 1 aliphatic heterocycles. The average Bonchev–Trinajstić information content (AvgIpc) is 3.30. The summed E-state index contributed by atoms with van der Waals surface area (Å²) in [4.78, 5) is 32.4. The molecule has 1 aliphatic rings. The summed E-state index contributed by atoms with van der Waals surface area (Å²) in [5.41, 5.74) is 2.63. The van der Waals surface area contributed by atoms with Crippen molar-refractivity contribution in [2.75, 3.05) is 20.8 Å². The number of carbonyl (C=O) groups excluding carboxylic acids is 1. The zero-order valence-corrected chi connectivity index (χ0v) is 28.9. The van der Waals surface area contributed by atoms with Gasteiger partial charge in [0.25, 0.3) is 5.56 Å². The molecule has 0 bridgehead atoms. The van der Waals surface area contributed by atoms with Gasteiger partial charge in [0.15, 0.2) is 4.80 Å². The van der Waals surface area contributed by atoms with E-state index in [-0.39, 0.29) is 24.3 Å². The summed E-state index contributed by atoms with van der Waals surface area (Å²) in [7, 11) is 3.08.